The first-order valence-electron chi connectivity index (χ1n) is 7.47. The Morgan fingerprint density at radius 2 is 1.83 bits per heavy atom. The van der Waals surface area contributed by atoms with E-state index in [9.17, 15) is 4.79 Å². The molecule has 1 saturated heterocycles. The minimum atomic E-state index is -0.0344. The van der Waals surface area contributed by atoms with Crippen LogP contribution in [0.2, 0.25) is 0 Å². The van der Waals surface area contributed by atoms with Crippen molar-refractivity contribution in [2.75, 3.05) is 13.1 Å². The van der Waals surface area contributed by atoms with Crippen molar-refractivity contribution in [3.63, 3.8) is 0 Å². The molecule has 0 N–H and O–H groups in total. The smallest absolute Gasteiger partial charge is 0.228 e. The van der Waals surface area contributed by atoms with Crippen LogP contribution in [0.15, 0.2) is 0 Å². The van der Waals surface area contributed by atoms with Gasteiger partial charge >= 0.3 is 0 Å². The number of alkyl halides is 1. The Morgan fingerprint density at radius 3 is 2.33 bits per heavy atom. The van der Waals surface area contributed by atoms with Crippen molar-refractivity contribution in [3.05, 3.63) is 0 Å². The lowest BCUT2D eigenvalue weighted by Crippen LogP contribution is -2.47. The highest BCUT2D eigenvalue weighted by Crippen LogP contribution is 2.45. The van der Waals surface area contributed by atoms with Crippen molar-refractivity contribution >= 4 is 17.5 Å². The van der Waals surface area contributed by atoms with Crippen LogP contribution in [-0.4, -0.2) is 29.3 Å². The van der Waals surface area contributed by atoms with Gasteiger partial charge in [0.25, 0.3) is 0 Å². The molecule has 0 spiro atoms. The highest BCUT2D eigenvalue weighted by Gasteiger charge is 2.44. The number of piperidine rings is 1. The first-order chi connectivity index (χ1) is 8.53. The van der Waals surface area contributed by atoms with Crippen LogP contribution in [0.3, 0.4) is 0 Å². The molecule has 0 aromatic heterocycles. The molecular formula is C15H26ClNO. The molecule has 1 saturated carbocycles. The van der Waals surface area contributed by atoms with Gasteiger partial charge in [0, 0.05) is 23.9 Å². The molecule has 2 nitrogen and oxygen atoms in total. The Labute approximate surface area is 116 Å². The summed E-state index contributed by atoms with van der Waals surface area (Å²) in [6, 6.07) is 0. The molecule has 2 aliphatic rings. The summed E-state index contributed by atoms with van der Waals surface area (Å²) < 4.78 is 0. The number of carbonyl (C=O) groups excluding carboxylic acids is 1. The summed E-state index contributed by atoms with van der Waals surface area (Å²) >= 11 is 6.13. The van der Waals surface area contributed by atoms with Gasteiger partial charge in [-0.1, -0.05) is 26.7 Å². The molecule has 18 heavy (non-hydrogen) atoms. The van der Waals surface area contributed by atoms with Crippen LogP contribution < -0.4 is 0 Å². The van der Waals surface area contributed by atoms with Gasteiger partial charge in [-0.25, -0.2) is 0 Å². The lowest BCUT2D eigenvalue weighted by Gasteiger charge is -2.38. The Morgan fingerprint density at radius 1 is 1.28 bits per heavy atom. The largest absolute Gasteiger partial charge is 0.342 e. The van der Waals surface area contributed by atoms with E-state index in [1.165, 1.54) is 12.8 Å². The van der Waals surface area contributed by atoms with E-state index in [2.05, 4.69) is 18.7 Å². The van der Waals surface area contributed by atoms with Gasteiger partial charge in [-0.2, -0.15) is 0 Å². The molecule has 0 radical (unpaired) electrons. The molecule has 104 valence electrons. The SMILES string of the molecule is CC(C)CC1(C(=O)N2CCC(Cl)CC2)CCCC1. The summed E-state index contributed by atoms with van der Waals surface area (Å²) in [6.07, 6.45) is 7.65. The van der Waals surface area contributed by atoms with Crippen LogP contribution in [0.5, 0.6) is 0 Å². The number of likely N-dealkylation sites (tertiary alicyclic amines) is 1. The van der Waals surface area contributed by atoms with E-state index in [1.54, 1.807) is 0 Å². The van der Waals surface area contributed by atoms with Crippen LogP contribution in [0, 0.1) is 11.3 Å². The molecule has 1 heterocycles. The standard InChI is InChI=1S/C15H26ClNO/c1-12(2)11-15(7-3-4-8-15)14(18)17-9-5-13(16)6-10-17/h12-13H,3-11H2,1-2H3. The second-order valence-electron chi connectivity index (χ2n) is 6.55. The van der Waals surface area contributed by atoms with Crippen molar-refractivity contribution in [2.24, 2.45) is 11.3 Å². The molecule has 0 aromatic carbocycles. The number of carbonyl (C=O) groups is 1. The van der Waals surface area contributed by atoms with Crippen molar-refractivity contribution < 1.29 is 4.79 Å². The molecule has 3 heteroatoms. The molecule has 1 aliphatic carbocycles. The summed E-state index contributed by atoms with van der Waals surface area (Å²) in [4.78, 5) is 14.9. The summed E-state index contributed by atoms with van der Waals surface area (Å²) in [5.74, 6) is 1.04. The van der Waals surface area contributed by atoms with Crippen LogP contribution in [0.25, 0.3) is 0 Å². The quantitative estimate of drug-likeness (QED) is 0.715. The first-order valence-corrected chi connectivity index (χ1v) is 7.90. The molecule has 2 fully saturated rings. The topological polar surface area (TPSA) is 20.3 Å². The van der Waals surface area contributed by atoms with Crippen LogP contribution in [-0.2, 0) is 4.79 Å². The third-order valence-electron chi connectivity index (χ3n) is 4.53. The van der Waals surface area contributed by atoms with E-state index < -0.39 is 0 Å². The Hall–Kier alpha value is -0.240. The fraction of sp³-hybridized carbons (Fsp3) is 0.933. The normalized spacial score (nSPS) is 24.8. The van der Waals surface area contributed by atoms with Gasteiger partial charge in [0.15, 0.2) is 0 Å². The summed E-state index contributed by atoms with van der Waals surface area (Å²) in [5.41, 5.74) is -0.0344. The van der Waals surface area contributed by atoms with Gasteiger partial charge in [0.2, 0.25) is 5.91 Å². The van der Waals surface area contributed by atoms with Gasteiger partial charge in [0.1, 0.15) is 0 Å². The zero-order chi connectivity index (χ0) is 13.2. The summed E-state index contributed by atoms with van der Waals surface area (Å²) in [6.45, 7) is 6.20. The van der Waals surface area contributed by atoms with E-state index in [0.29, 0.717) is 11.8 Å². The molecule has 1 amide bonds. The average molecular weight is 272 g/mol. The van der Waals surface area contributed by atoms with Gasteiger partial charge in [0.05, 0.1) is 0 Å². The van der Waals surface area contributed by atoms with Crippen LogP contribution in [0.1, 0.15) is 58.8 Å². The zero-order valence-electron chi connectivity index (χ0n) is 11.8. The molecule has 2 rings (SSSR count). The van der Waals surface area contributed by atoms with Crippen LogP contribution in [0.4, 0.5) is 0 Å². The minimum Gasteiger partial charge on any atom is -0.342 e. The Bertz CT molecular complexity index is 289. The van der Waals surface area contributed by atoms with Gasteiger partial charge in [-0.3, -0.25) is 4.79 Å². The summed E-state index contributed by atoms with van der Waals surface area (Å²) in [5, 5.41) is 0.277. The second-order valence-corrected chi connectivity index (χ2v) is 7.17. The molecule has 0 aromatic rings. The number of hydrogen-bond acceptors (Lipinski definition) is 1. The van der Waals surface area contributed by atoms with Gasteiger partial charge in [-0.05, 0) is 38.0 Å². The molecule has 0 atom stereocenters. The maximum absolute atomic E-state index is 12.8. The second kappa shape index (κ2) is 5.81. The molecule has 0 unspecified atom stereocenters. The lowest BCUT2D eigenvalue weighted by atomic mass is 9.77. The number of rotatable bonds is 3. The third-order valence-corrected chi connectivity index (χ3v) is 4.96. The predicted molar refractivity (Wildman–Crippen MR) is 75.8 cm³/mol. The lowest BCUT2D eigenvalue weighted by molar-refractivity contribution is -0.143. The fourth-order valence-electron chi connectivity index (χ4n) is 3.73. The van der Waals surface area contributed by atoms with Crippen molar-refractivity contribution in [3.8, 4) is 0 Å². The minimum absolute atomic E-state index is 0.0344. The number of nitrogens with zero attached hydrogens (tertiary/aromatic N) is 1. The first kappa shape index (κ1) is 14.2. The van der Waals surface area contributed by atoms with Crippen LogP contribution >= 0.6 is 11.6 Å². The predicted octanol–water partition coefficient (Wildman–Crippen LogP) is 3.82. The fourth-order valence-corrected chi connectivity index (χ4v) is 3.92. The molecular weight excluding hydrogens is 246 g/mol. The number of hydrogen-bond donors (Lipinski definition) is 0. The average Bonchev–Trinajstić information content (AvgIpc) is 2.78. The summed E-state index contributed by atoms with van der Waals surface area (Å²) in [7, 11) is 0. The number of halogens is 1. The van der Waals surface area contributed by atoms with E-state index in [1.807, 2.05) is 0 Å². The third kappa shape index (κ3) is 3.01. The Kier molecular flexibility index (Phi) is 4.58. The monoisotopic (exact) mass is 271 g/mol. The van der Waals surface area contributed by atoms with Gasteiger partial charge < -0.3 is 4.90 Å². The van der Waals surface area contributed by atoms with Gasteiger partial charge in [-0.15, -0.1) is 11.6 Å². The van der Waals surface area contributed by atoms with E-state index in [0.717, 1.165) is 45.2 Å². The van der Waals surface area contributed by atoms with Crippen molar-refractivity contribution in [1.82, 2.24) is 4.90 Å². The number of amides is 1. The Balaban J connectivity index is 2.04. The van der Waals surface area contributed by atoms with Crippen molar-refractivity contribution in [2.45, 2.75) is 64.2 Å². The van der Waals surface area contributed by atoms with E-state index in [-0.39, 0.29) is 10.8 Å². The van der Waals surface area contributed by atoms with E-state index >= 15 is 0 Å². The highest BCUT2D eigenvalue weighted by molar-refractivity contribution is 6.20. The maximum Gasteiger partial charge on any atom is 0.228 e. The van der Waals surface area contributed by atoms with E-state index in [4.69, 9.17) is 11.6 Å². The zero-order valence-corrected chi connectivity index (χ0v) is 12.5. The highest BCUT2D eigenvalue weighted by atomic mass is 35.5. The molecule has 1 aliphatic heterocycles. The maximum atomic E-state index is 12.8. The van der Waals surface area contributed by atoms with Crippen molar-refractivity contribution in [1.29, 1.82) is 0 Å². The molecule has 0 bridgehead atoms.